The lowest BCUT2D eigenvalue weighted by molar-refractivity contribution is 0.0703. The predicted molar refractivity (Wildman–Crippen MR) is 106 cm³/mol. The van der Waals surface area contributed by atoms with Gasteiger partial charge in [0, 0.05) is 36.5 Å². The molecule has 1 aromatic carbocycles. The molecule has 1 fully saturated rings. The van der Waals surface area contributed by atoms with Gasteiger partial charge in [0.1, 0.15) is 11.9 Å². The zero-order valence-electron chi connectivity index (χ0n) is 15.6. The highest BCUT2D eigenvalue weighted by Crippen LogP contribution is 2.33. The number of aromatic amines is 2. The van der Waals surface area contributed by atoms with E-state index in [2.05, 4.69) is 25.3 Å². The number of nitrogens with one attached hydrogen (secondary N) is 2. The molecule has 29 heavy (non-hydrogen) atoms. The van der Waals surface area contributed by atoms with Gasteiger partial charge in [-0.15, -0.1) is 0 Å². The summed E-state index contributed by atoms with van der Waals surface area (Å²) in [6.07, 6.45) is 6.32. The number of hydrogen-bond donors (Lipinski definition) is 2. The van der Waals surface area contributed by atoms with E-state index < -0.39 is 5.56 Å². The van der Waals surface area contributed by atoms with E-state index in [0.717, 1.165) is 29.7 Å². The van der Waals surface area contributed by atoms with Gasteiger partial charge in [0.25, 0.3) is 17.2 Å². The molecular weight excluding hydrogens is 370 g/mol. The van der Waals surface area contributed by atoms with Gasteiger partial charge in [-0.05, 0) is 18.4 Å². The first-order valence-electron chi connectivity index (χ1n) is 9.51. The van der Waals surface area contributed by atoms with E-state index in [4.69, 9.17) is 0 Å². The van der Waals surface area contributed by atoms with Gasteiger partial charge in [-0.25, -0.2) is 9.97 Å². The minimum Gasteiger partial charge on any atom is -0.338 e. The van der Waals surface area contributed by atoms with Crippen molar-refractivity contribution < 1.29 is 4.79 Å². The van der Waals surface area contributed by atoms with E-state index in [-0.39, 0.29) is 23.2 Å². The Morgan fingerprint density at radius 1 is 1.14 bits per heavy atom. The van der Waals surface area contributed by atoms with Crippen molar-refractivity contribution in [1.29, 1.82) is 0 Å². The molecule has 9 nitrogen and oxygen atoms in total. The number of likely N-dealkylation sites (tertiary alicyclic amines) is 1. The van der Waals surface area contributed by atoms with Gasteiger partial charge in [-0.2, -0.15) is 9.61 Å². The molecule has 0 saturated carbocycles. The lowest BCUT2D eigenvalue weighted by Crippen LogP contribution is -2.42. The Bertz CT molecular complexity index is 1220. The fourth-order valence-electron chi connectivity index (χ4n) is 3.97. The molecule has 0 spiro atoms. The summed E-state index contributed by atoms with van der Waals surface area (Å²) >= 11 is 0. The summed E-state index contributed by atoms with van der Waals surface area (Å²) in [5.74, 6) is 0.0574. The second-order valence-electron chi connectivity index (χ2n) is 7.15. The number of H-pyrrole nitrogens is 2. The Kier molecular flexibility index (Phi) is 4.19. The molecule has 1 amide bonds. The lowest BCUT2D eigenvalue weighted by atomic mass is 9.90. The molecule has 4 heterocycles. The van der Waals surface area contributed by atoms with Gasteiger partial charge in [0.2, 0.25) is 0 Å². The molecule has 1 unspecified atom stereocenters. The minimum absolute atomic E-state index is 0.0419. The van der Waals surface area contributed by atoms with Crippen molar-refractivity contribution in [2.75, 3.05) is 13.1 Å². The van der Waals surface area contributed by atoms with Crippen LogP contribution >= 0.6 is 0 Å². The Hall–Kier alpha value is -3.75. The summed E-state index contributed by atoms with van der Waals surface area (Å²) in [5.41, 5.74) is 2.76. The normalized spacial score (nSPS) is 17.0. The van der Waals surface area contributed by atoms with Crippen molar-refractivity contribution in [3.8, 4) is 11.1 Å². The third kappa shape index (κ3) is 3.00. The highest BCUT2D eigenvalue weighted by Gasteiger charge is 2.29. The van der Waals surface area contributed by atoms with E-state index in [1.807, 2.05) is 36.5 Å². The van der Waals surface area contributed by atoms with Gasteiger partial charge in [-0.3, -0.25) is 19.8 Å². The Balaban J connectivity index is 1.43. The highest BCUT2D eigenvalue weighted by molar-refractivity contribution is 5.93. The quantitative estimate of drug-likeness (QED) is 0.555. The largest absolute Gasteiger partial charge is 0.338 e. The minimum atomic E-state index is -0.439. The standard InChI is InChI=1S/C20H19N7O2/c28-18(16-9-21-20-22-12-24-27(20)19(16)29)26-8-4-7-14(11-26)17-15(10-23-25-17)13-5-2-1-3-6-13/h1-3,5-6,9-10,12,14H,4,7-8,11H2,(H,23,25)(H,21,22,24). The van der Waals surface area contributed by atoms with E-state index >= 15 is 0 Å². The summed E-state index contributed by atoms with van der Waals surface area (Å²) < 4.78 is 1.18. The number of fused-ring (bicyclic) bond motifs is 1. The van der Waals surface area contributed by atoms with Crippen molar-refractivity contribution >= 4 is 11.7 Å². The summed E-state index contributed by atoms with van der Waals surface area (Å²) in [7, 11) is 0. The molecule has 0 bridgehead atoms. The summed E-state index contributed by atoms with van der Waals surface area (Å²) in [6, 6.07) is 10.1. The van der Waals surface area contributed by atoms with Gasteiger partial charge in [0.15, 0.2) is 0 Å². The second-order valence-corrected chi connectivity index (χ2v) is 7.15. The topological polar surface area (TPSA) is 112 Å². The van der Waals surface area contributed by atoms with Crippen molar-refractivity contribution in [2.45, 2.75) is 18.8 Å². The monoisotopic (exact) mass is 389 g/mol. The maximum Gasteiger partial charge on any atom is 0.286 e. The van der Waals surface area contributed by atoms with Crippen LogP contribution in [0.3, 0.4) is 0 Å². The first-order valence-corrected chi connectivity index (χ1v) is 9.51. The number of aromatic nitrogens is 6. The maximum absolute atomic E-state index is 13.1. The van der Waals surface area contributed by atoms with Crippen molar-refractivity contribution in [1.82, 2.24) is 34.7 Å². The van der Waals surface area contributed by atoms with Crippen LogP contribution in [0.4, 0.5) is 0 Å². The smallest absolute Gasteiger partial charge is 0.286 e. The van der Waals surface area contributed by atoms with E-state index in [9.17, 15) is 9.59 Å². The molecule has 1 saturated heterocycles. The van der Waals surface area contributed by atoms with Gasteiger partial charge >= 0.3 is 0 Å². The number of benzene rings is 1. The molecule has 3 aromatic heterocycles. The first kappa shape index (κ1) is 17.4. The molecule has 2 N–H and O–H groups in total. The fourth-order valence-corrected chi connectivity index (χ4v) is 3.97. The highest BCUT2D eigenvalue weighted by atomic mass is 16.2. The molecule has 1 aliphatic heterocycles. The molecule has 9 heteroatoms. The van der Waals surface area contributed by atoms with E-state index in [1.54, 1.807) is 4.90 Å². The number of rotatable bonds is 3. The second kappa shape index (κ2) is 7.01. The van der Waals surface area contributed by atoms with Crippen LogP contribution in [0.2, 0.25) is 0 Å². The Labute approximate surface area is 165 Å². The van der Waals surface area contributed by atoms with Crippen LogP contribution in [0.15, 0.2) is 53.8 Å². The summed E-state index contributed by atoms with van der Waals surface area (Å²) in [6.45, 7) is 1.13. The van der Waals surface area contributed by atoms with Crippen LogP contribution in [-0.4, -0.2) is 53.7 Å². The summed E-state index contributed by atoms with van der Waals surface area (Å²) in [5, 5.41) is 10.1. The zero-order chi connectivity index (χ0) is 19.8. The predicted octanol–water partition coefficient (Wildman–Crippen LogP) is 1.83. The Morgan fingerprint density at radius 3 is 2.86 bits per heavy atom. The average Bonchev–Trinajstić information content (AvgIpc) is 3.44. The maximum atomic E-state index is 13.1. The fraction of sp³-hybridized carbons (Fsp3) is 0.250. The van der Waals surface area contributed by atoms with Crippen LogP contribution in [0.25, 0.3) is 16.9 Å². The molecule has 146 valence electrons. The third-order valence-corrected chi connectivity index (χ3v) is 5.41. The molecule has 0 radical (unpaired) electrons. The van der Waals surface area contributed by atoms with Gasteiger partial charge in [-0.1, -0.05) is 30.3 Å². The van der Waals surface area contributed by atoms with Crippen molar-refractivity contribution in [3.05, 3.63) is 70.7 Å². The van der Waals surface area contributed by atoms with Gasteiger partial charge < -0.3 is 4.90 Å². The number of carbonyl (C=O) groups is 1. The molecular formula is C20H19N7O2. The van der Waals surface area contributed by atoms with Crippen LogP contribution in [0, 0.1) is 0 Å². The molecule has 0 aliphatic carbocycles. The van der Waals surface area contributed by atoms with Crippen LogP contribution < -0.4 is 5.56 Å². The first-order chi connectivity index (χ1) is 14.2. The Morgan fingerprint density at radius 2 is 2.00 bits per heavy atom. The van der Waals surface area contributed by atoms with Crippen molar-refractivity contribution in [2.24, 2.45) is 0 Å². The third-order valence-electron chi connectivity index (χ3n) is 5.41. The molecule has 5 rings (SSSR count). The van der Waals surface area contributed by atoms with Crippen LogP contribution in [-0.2, 0) is 0 Å². The zero-order valence-corrected chi connectivity index (χ0v) is 15.6. The van der Waals surface area contributed by atoms with Crippen molar-refractivity contribution in [3.63, 3.8) is 0 Å². The van der Waals surface area contributed by atoms with Crippen LogP contribution in [0.1, 0.15) is 34.8 Å². The number of carbonyl (C=O) groups excluding carboxylic acids is 1. The summed E-state index contributed by atoms with van der Waals surface area (Å²) in [4.78, 5) is 35.4. The number of piperidine rings is 1. The van der Waals surface area contributed by atoms with E-state index in [0.29, 0.717) is 13.1 Å². The molecule has 1 aliphatic rings. The average molecular weight is 389 g/mol. The van der Waals surface area contributed by atoms with Gasteiger partial charge in [0.05, 0.1) is 6.20 Å². The number of amides is 1. The number of hydrogen-bond acceptors (Lipinski definition) is 5. The lowest BCUT2D eigenvalue weighted by Gasteiger charge is -2.32. The van der Waals surface area contributed by atoms with Crippen LogP contribution in [0.5, 0.6) is 0 Å². The molecule has 1 atom stereocenters. The molecule has 4 aromatic rings. The number of nitrogens with zero attached hydrogens (tertiary/aromatic N) is 5. The SMILES string of the molecule is O=C(c1cnc2nc[nH]n2c1=O)N1CCCC(c2[nH]ncc2-c2ccccc2)C1. The van der Waals surface area contributed by atoms with E-state index in [1.165, 1.54) is 17.0 Å².